The van der Waals surface area contributed by atoms with Gasteiger partial charge in [0.25, 0.3) is 5.84 Å². The van der Waals surface area contributed by atoms with Crippen molar-refractivity contribution in [1.82, 2.24) is 4.98 Å². The molecule has 0 saturated carbocycles. The lowest BCUT2D eigenvalue weighted by atomic mass is 10.2. The molecule has 2 N–H and O–H groups in total. The van der Waals surface area contributed by atoms with Crippen molar-refractivity contribution in [2.24, 2.45) is 10.7 Å². The average Bonchev–Trinajstić information content (AvgIpc) is 2.40. The van der Waals surface area contributed by atoms with Crippen molar-refractivity contribution >= 4 is 17.6 Å². The van der Waals surface area contributed by atoms with Crippen LogP contribution in [-0.4, -0.2) is 47.1 Å². The fourth-order valence-corrected chi connectivity index (χ4v) is 3.26. The Morgan fingerprint density at radius 3 is 2.79 bits per heavy atom. The van der Waals surface area contributed by atoms with Gasteiger partial charge >= 0.3 is 0 Å². The van der Waals surface area contributed by atoms with Crippen LogP contribution in [0, 0.1) is 0 Å². The highest BCUT2D eigenvalue weighted by molar-refractivity contribution is 7.99. The van der Waals surface area contributed by atoms with Crippen molar-refractivity contribution in [2.75, 3.05) is 26.4 Å². The largest absolute Gasteiger partial charge is 0.330 e. The molecule has 0 saturated heterocycles. The number of hydrogen-bond acceptors (Lipinski definition) is 4. The summed E-state index contributed by atoms with van der Waals surface area (Å²) in [5.41, 5.74) is 7.62. The normalized spacial score (nSPS) is 21.8. The number of nitrogens with zero attached hydrogens (tertiary/aromatic N) is 3. The standard InChI is InChI=1S/C14H21N4S/c1-11-10-13(19-9-7-15)18(2,3)14(17-11)12-6-4-5-8-16-12/h4-6,8,10,13H,7,9,15H2,1-3H3/q+1. The molecule has 2 heterocycles. The summed E-state index contributed by atoms with van der Waals surface area (Å²) in [6.45, 7) is 2.74. The molecule has 0 bridgehead atoms. The molecule has 1 aromatic heterocycles. The Bertz CT molecular complexity index is 493. The third-order valence-corrected chi connectivity index (χ3v) is 4.62. The minimum Gasteiger partial charge on any atom is -0.330 e. The van der Waals surface area contributed by atoms with E-state index >= 15 is 0 Å². The second-order valence-corrected chi connectivity index (χ2v) is 6.27. The number of thioether (sulfide) groups is 1. The zero-order valence-electron chi connectivity index (χ0n) is 11.7. The van der Waals surface area contributed by atoms with E-state index in [2.05, 4.69) is 25.2 Å². The number of quaternary nitrogens is 1. The third-order valence-electron chi connectivity index (χ3n) is 3.15. The van der Waals surface area contributed by atoms with Gasteiger partial charge in [-0.1, -0.05) is 17.8 Å². The van der Waals surface area contributed by atoms with E-state index in [-0.39, 0.29) is 0 Å². The van der Waals surface area contributed by atoms with Crippen LogP contribution in [0.1, 0.15) is 12.6 Å². The molecular weight excluding hydrogens is 256 g/mol. The SMILES string of the molecule is CC1=CC(SCCN)[N+](C)(C)C(c2ccccn2)=N1. The first kappa shape index (κ1) is 14.2. The Morgan fingerprint density at radius 1 is 1.37 bits per heavy atom. The molecule has 5 heteroatoms. The smallest absolute Gasteiger partial charge is 0.254 e. The zero-order valence-corrected chi connectivity index (χ0v) is 12.5. The van der Waals surface area contributed by atoms with Gasteiger partial charge in [-0.2, -0.15) is 4.99 Å². The first-order valence-electron chi connectivity index (χ1n) is 6.40. The summed E-state index contributed by atoms with van der Waals surface area (Å²) in [6.07, 6.45) is 4.03. The van der Waals surface area contributed by atoms with Crippen LogP contribution >= 0.6 is 11.8 Å². The molecule has 0 spiro atoms. The number of rotatable bonds is 4. The van der Waals surface area contributed by atoms with Crippen LogP contribution < -0.4 is 5.73 Å². The Morgan fingerprint density at radius 2 is 2.16 bits per heavy atom. The van der Waals surface area contributed by atoms with Crippen LogP contribution in [0.25, 0.3) is 0 Å². The second kappa shape index (κ2) is 5.86. The molecule has 19 heavy (non-hydrogen) atoms. The Balaban J connectivity index is 2.35. The summed E-state index contributed by atoms with van der Waals surface area (Å²) in [6, 6.07) is 5.94. The molecule has 1 atom stereocenters. The van der Waals surface area contributed by atoms with Gasteiger partial charge in [-0.3, -0.25) is 4.48 Å². The van der Waals surface area contributed by atoms with Crippen LogP contribution in [0.5, 0.6) is 0 Å². The minimum absolute atomic E-state index is 0.332. The van der Waals surface area contributed by atoms with Crippen LogP contribution in [0.4, 0.5) is 0 Å². The molecule has 2 rings (SSSR count). The van der Waals surface area contributed by atoms with Gasteiger partial charge in [-0.15, -0.1) is 0 Å². The van der Waals surface area contributed by atoms with Crippen molar-refractivity contribution in [3.05, 3.63) is 41.9 Å². The molecule has 0 aliphatic carbocycles. The van der Waals surface area contributed by atoms with Crippen LogP contribution in [0.3, 0.4) is 0 Å². The van der Waals surface area contributed by atoms with Gasteiger partial charge in [-0.25, -0.2) is 4.98 Å². The Labute approximate surface area is 119 Å². The van der Waals surface area contributed by atoms with Gasteiger partial charge in [0, 0.05) is 30.3 Å². The topological polar surface area (TPSA) is 51.3 Å². The molecule has 0 amide bonds. The van der Waals surface area contributed by atoms with E-state index in [9.17, 15) is 0 Å². The summed E-state index contributed by atoms with van der Waals surface area (Å²) in [5, 5.41) is 0.332. The monoisotopic (exact) mass is 277 g/mol. The molecule has 4 nitrogen and oxygen atoms in total. The molecule has 0 fully saturated rings. The maximum absolute atomic E-state index is 5.62. The van der Waals surface area contributed by atoms with Crippen LogP contribution in [0.2, 0.25) is 0 Å². The molecule has 0 radical (unpaired) electrons. The maximum Gasteiger partial charge on any atom is 0.254 e. The van der Waals surface area contributed by atoms with Crippen molar-refractivity contribution < 1.29 is 4.48 Å². The highest BCUT2D eigenvalue weighted by Gasteiger charge is 2.37. The van der Waals surface area contributed by atoms with E-state index in [1.54, 1.807) is 0 Å². The van der Waals surface area contributed by atoms with Crippen molar-refractivity contribution in [2.45, 2.75) is 12.3 Å². The lowest BCUT2D eigenvalue weighted by Gasteiger charge is -2.38. The molecule has 1 aromatic rings. The van der Waals surface area contributed by atoms with Gasteiger partial charge in [0.2, 0.25) is 0 Å². The average molecular weight is 277 g/mol. The first-order chi connectivity index (χ1) is 9.05. The van der Waals surface area contributed by atoms with Crippen molar-refractivity contribution in [1.29, 1.82) is 0 Å². The number of allylic oxidation sites excluding steroid dienone is 1. The molecule has 0 aromatic carbocycles. The van der Waals surface area contributed by atoms with Gasteiger partial charge in [0.15, 0.2) is 5.37 Å². The number of aromatic nitrogens is 1. The highest BCUT2D eigenvalue weighted by atomic mass is 32.2. The van der Waals surface area contributed by atoms with Gasteiger partial charge in [0.05, 0.1) is 14.1 Å². The molecule has 102 valence electrons. The molecule has 1 unspecified atom stereocenters. The van der Waals surface area contributed by atoms with Crippen molar-refractivity contribution in [3.63, 3.8) is 0 Å². The van der Waals surface area contributed by atoms with Gasteiger partial charge in [0.1, 0.15) is 5.69 Å². The lowest BCUT2D eigenvalue weighted by Crippen LogP contribution is -2.53. The first-order valence-corrected chi connectivity index (χ1v) is 7.45. The van der Waals surface area contributed by atoms with E-state index in [1.165, 1.54) is 0 Å². The third kappa shape index (κ3) is 3.05. The quantitative estimate of drug-likeness (QED) is 0.854. The summed E-state index contributed by atoms with van der Waals surface area (Å²) < 4.78 is 0.693. The number of amidine groups is 1. The Hall–Kier alpha value is -1.17. The number of aliphatic imine (C=N–C) groups is 1. The predicted molar refractivity (Wildman–Crippen MR) is 81.9 cm³/mol. The maximum atomic E-state index is 5.62. The van der Waals surface area contributed by atoms with Crippen LogP contribution in [-0.2, 0) is 0 Å². The Kier molecular flexibility index (Phi) is 4.39. The number of nitrogens with two attached hydrogens (primary N) is 1. The second-order valence-electron chi connectivity index (χ2n) is 5.05. The van der Waals surface area contributed by atoms with Crippen LogP contribution in [0.15, 0.2) is 41.2 Å². The molecule has 1 aliphatic heterocycles. The lowest BCUT2D eigenvalue weighted by molar-refractivity contribution is -0.803. The minimum atomic E-state index is 0.332. The van der Waals surface area contributed by atoms with E-state index in [4.69, 9.17) is 10.7 Å². The molecular formula is C14H21N4S+. The fraction of sp³-hybridized carbons (Fsp3) is 0.429. The number of pyridine rings is 1. The van der Waals surface area contributed by atoms with Gasteiger partial charge < -0.3 is 5.73 Å². The van der Waals surface area contributed by atoms with E-state index in [0.717, 1.165) is 23.0 Å². The predicted octanol–water partition coefficient (Wildman–Crippen LogP) is 1.84. The zero-order chi connectivity index (χ0) is 13.9. The fourth-order valence-electron chi connectivity index (χ4n) is 2.12. The van der Waals surface area contributed by atoms with Crippen molar-refractivity contribution in [3.8, 4) is 0 Å². The van der Waals surface area contributed by atoms with E-state index < -0.39 is 0 Å². The summed E-state index contributed by atoms with van der Waals surface area (Å²) >= 11 is 1.87. The number of hydrogen-bond donors (Lipinski definition) is 1. The summed E-state index contributed by atoms with van der Waals surface area (Å²) in [4.78, 5) is 9.15. The van der Waals surface area contributed by atoms with Gasteiger partial charge in [-0.05, 0) is 19.1 Å². The number of likely N-dealkylation sites (N-methyl/N-ethyl adjacent to an activating group) is 1. The van der Waals surface area contributed by atoms with E-state index in [0.29, 0.717) is 16.4 Å². The summed E-state index contributed by atoms with van der Waals surface area (Å²) in [7, 11) is 4.34. The highest BCUT2D eigenvalue weighted by Crippen LogP contribution is 2.29. The summed E-state index contributed by atoms with van der Waals surface area (Å²) in [5.74, 6) is 1.96. The molecule has 1 aliphatic rings. The van der Waals surface area contributed by atoms with E-state index in [1.807, 2.05) is 43.1 Å².